The summed E-state index contributed by atoms with van der Waals surface area (Å²) in [5, 5.41) is 0. The van der Waals surface area contributed by atoms with Crippen molar-refractivity contribution in [2.75, 3.05) is 23.0 Å². The van der Waals surface area contributed by atoms with Crippen LogP contribution in [0.5, 0.6) is 0 Å². The minimum absolute atomic E-state index is 0.843. The van der Waals surface area contributed by atoms with Crippen LogP contribution in [0.25, 0.3) is 0 Å². The van der Waals surface area contributed by atoms with Crippen LogP contribution in [0.3, 0.4) is 0 Å². The molecule has 0 rings (SSSR count). The van der Waals surface area contributed by atoms with Gasteiger partial charge in [-0.15, -0.1) is 0 Å². The van der Waals surface area contributed by atoms with Crippen LogP contribution in [0.4, 0.5) is 0 Å². The van der Waals surface area contributed by atoms with E-state index in [0.717, 1.165) is 17.8 Å². The molecular formula is C12H26S2. The summed E-state index contributed by atoms with van der Waals surface area (Å²) in [5.41, 5.74) is 0. The van der Waals surface area contributed by atoms with Crippen molar-refractivity contribution in [3.8, 4) is 0 Å². The Morgan fingerprint density at radius 1 is 0.643 bits per heavy atom. The Hall–Kier alpha value is 0.700. The Morgan fingerprint density at radius 2 is 1.00 bits per heavy atom. The lowest BCUT2D eigenvalue weighted by Crippen LogP contribution is -2.05. The quantitative estimate of drug-likeness (QED) is 0.610. The molecule has 2 heteroatoms. The summed E-state index contributed by atoms with van der Waals surface area (Å²) >= 11 is 4.23. The van der Waals surface area contributed by atoms with Crippen molar-refractivity contribution in [1.82, 2.24) is 0 Å². The number of rotatable bonds is 8. The van der Waals surface area contributed by atoms with Gasteiger partial charge >= 0.3 is 0 Å². The zero-order valence-corrected chi connectivity index (χ0v) is 12.0. The molecule has 0 spiro atoms. The van der Waals surface area contributed by atoms with Gasteiger partial charge in [0.15, 0.2) is 0 Å². The van der Waals surface area contributed by atoms with Gasteiger partial charge in [0.05, 0.1) is 0 Å². The zero-order chi connectivity index (χ0) is 11.0. The van der Waals surface area contributed by atoms with Gasteiger partial charge < -0.3 is 0 Å². The summed E-state index contributed by atoms with van der Waals surface area (Å²) in [6.07, 6.45) is 0. The first-order chi connectivity index (χ1) is 6.52. The highest BCUT2D eigenvalue weighted by molar-refractivity contribution is 8.00. The van der Waals surface area contributed by atoms with Gasteiger partial charge in [-0.1, -0.05) is 34.6 Å². The highest BCUT2D eigenvalue weighted by atomic mass is 32.2. The summed E-state index contributed by atoms with van der Waals surface area (Å²) in [7, 11) is 0. The van der Waals surface area contributed by atoms with Crippen molar-refractivity contribution in [1.29, 1.82) is 0 Å². The second-order valence-corrected chi connectivity index (χ2v) is 7.12. The highest BCUT2D eigenvalue weighted by Crippen LogP contribution is 2.17. The molecule has 0 nitrogen and oxygen atoms in total. The third-order valence-electron chi connectivity index (χ3n) is 1.71. The zero-order valence-electron chi connectivity index (χ0n) is 10.4. The summed E-state index contributed by atoms with van der Waals surface area (Å²) < 4.78 is 0. The monoisotopic (exact) mass is 234 g/mol. The molecular weight excluding hydrogens is 208 g/mol. The molecule has 0 aliphatic rings. The molecule has 0 aromatic rings. The molecule has 0 bridgehead atoms. The van der Waals surface area contributed by atoms with Crippen molar-refractivity contribution in [2.45, 2.75) is 34.6 Å². The molecule has 0 aromatic carbocycles. The van der Waals surface area contributed by atoms with Crippen LogP contribution in [0, 0.1) is 17.8 Å². The van der Waals surface area contributed by atoms with Crippen LogP contribution in [-0.2, 0) is 0 Å². The van der Waals surface area contributed by atoms with Gasteiger partial charge in [0.2, 0.25) is 0 Å². The average molecular weight is 234 g/mol. The van der Waals surface area contributed by atoms with Crippen LogP contribution in [0.1, 0.15) is 34.6 Å². The van der Waals surface area contributed by atoms with E-state index in [-0.39, 0.29) is 0 Å². The standard InChI is InChI=1S/C12H26S2/c1-10(2)6-13-8-12(5)9-14-7-11(3)4/h10-12H,6-9H2,1-5H3. The van der Waals surface area contributed by atoms with E-state index in [2.05, 4.69) is 58.1 Å². The number of thioether (sulfide) groups is 2. The fraction of sp³-hybridized carbons (Fsp3) is 1.00. The van der Waals surface area contributed by atoms with E-state index in [9.17, 15) is 0 Å². The van der Waals surface area contributed by atoms with Crippen LogP contribution >= 0.6 is 23.5 Å². The molecule has 0 aliphatic heterocycles. The van der Waals surface area contributed by atoms with Gasteiger partial charge in [-0.2, -0.15) is 23.5 Å². The third-order valence-corrected chi connectivity index (χ3v) is 5.12. The van der Waals surface area contributed by atoms with E-state index in [4.69, 9.17) is 0 Å². The number of hydrogen-bond donors (Lipinski definition) is 0. The Kier molecular flexibility index (Phi) is 9.41. The molecule has 0 fully saturated rings. The predicted octanol–water partition coefficient (Wildman–Crippen LogP) is 4.40. The van der Waals surface area contributed by atoms with Crippen molar-refractivity contribution in [3.05, 3.63) is 0 Å². The van der Waals surface area contributed by atoms with Crippen molar-refractivity contribution >= 4 is 23.5 Å². The second-order valence-electron chi connectivity index (χ2n) is 4.97. The fourth-order valence-electron chi connectivity index (χ4n) is 1.06. The first-order valence-corrected chi connectivity index (χ1v) is 7.98. The molecule has 0 saturated heterocycles. The summed E-state index contributed by atoms with van der Waals surface area (Å²) in [4.78, 5) is 0. The van der Waals surface area contributed by atoms with Gasteiger partial charge in [-0.05, 0) is 40.8 Å². The number of hydrogen-bond acceptors (Lipinski definition) is 2. The highest BCUT2D eigenvalue weighted by Gasteiger charge is 2.04. The SMILES string of the molecule is CC(C)CSCC(C)CSCC(C)C. The Bertz CT molecular complexity index is 107. The van der Waals surface area contributed by atoms with Crippen LogP contribution in [-0.4, -0.2) is 23.0 Å². The fourth-order valence-corrected chi connectivity index (χ4v) is 3.46. The largest absolute Gasteiger partial charge is 0.161 e. The molecule has 14 heavy (non-hydrogen) atoms. The minimum Gasteiger partial charge on any atom is -0.161 e. The van der Waals surface area contributed by atoms with Gasteiger partial charge in [0, 0.05) is 0 Å². The molecule has 0 aliphatic carbocycles. The lowest BCUT2D eigenvalue weighted by atomic mass is 10.3. The summed E-state index contributed by atoms with van der Waals surface area (Å²) in [5.74, 6) is 7.87. The molecule has 86 valence electrons. The smallest absolute Gasteiger partial charge is 0.00338 e. The van der Waals surface area contributed by atoms with E-state index < -0.39 is 0 Å². The molecule has 0 N–H and O–H groups in total. The van der Waals surface area contributed by atoms with E-state index in [1.54, 1.807) is 0 Å². The van der Waals surface area contributed by atoms with E-state index >= 15 is 0 Å². The Morgan fingerprint density at radius 3 is 1.29 bits per heavy atom. The normalized spacial score (nSPS) is 12.0. The topological polar surface area (TPSA) is 0 Å². The van der Waals surface area contributed by atoms with Gasteiger partial charge in [0.25, 0.3) is 0 Å². The Labute approximate surface area is 99.0 Å². The molecule has 0 radical (unpaired) electrons. The third kappa shape index (κ3) is 10.8. The maximum atomic E-state index is 2.38. The van der Waals surface area contributed by atoms with Crippen molar-refractivity contribution in [2.24, 2.45) is 17.8 Å². The van der Waals surface area contributed by atoms with Gasteiger partial charge in [-0.25, -0.2) is 0 Å². The molecule has 0 aromatic heterocycles. The first kappa shape index (κ1) is 14.7. The molecule has 0 amide bonds. The molecule has 0 atom stereocenters. The van der Waals surface area contributed by atoms with E-state index in [1.165, 1.54) is 23.0 Å². The first-order valence-electron chi connectivity index (χ1n) is 5.67. The molecule has 0 saturated carbocycles. The summed E-state index contributed by atoms with van der Waals surface area (Å²) in [6.45, 7) is 11.6. The van der Waals surface area contributed by atoms with Gasteiger partial charge in [0.1, 0.15) is 0 Å². The van der Waals surface area contributed by atoms with Crippen molar-refractivity contribution in [3.63, 3.8) is 0 Å². The predicted molar refractivity (Wildman–Crippen MR) is 73.5 cm³/mol. The van der Waals surface area contributed by atoms with Crippen LogP contribution in [0.2, 0.25) is 0 Å². The second kappa shape index (κ2) is 8.96. The van der Waals surface area contributed by atoms with Gasteiger partial charge in [-0.3, -0.25) is 0 Å². The van der Waals surface area contributed by atoms with E-state index in [0.29, 0.717) is 0 Å². The molecule has 0 unspecified atom stereocenters. The molecule has 0 heterocycles. The lowest BCUT2D eigenvalue weighted by Gasteiger charge is -2.12. The van der Waals surface area contributed by atoms with Crippen molar-refractivity contribution < 1.29 is 0 Å². The average Bonchev–Trinajstić information content (AvgIpc) is 2.02. The van der Waals surface area contributed by atoms with Crippen LogP contribution in [0.15, 0.2) is 0 Å². The lowest BCUT2D eigenvalue weighted by molar-refractivity contribution is 0.728. The maximum Gasteiger partial charge on any atom is -0.00338 e. The Balaban J connectivity index is 3.23. The maximum absolute atomic E-state index is 2.38. The minimum atomic E-state index is 0.843. The van der Waals surface area contributed by atoms with Crippen LogP contribution < -0.4 is 0 Å². The van der Waals surface area contributed by atoms with E-state index in [1.807, 2.05) is 0 Å². The summed E-state index contributed by atoms with van der Waals surface area (Å²) in [6, 6.07) is 0.